The van der Waals surface area contributed by atoms with Crippen LogP contribution in [0.3, 0.4) is 0 Å². The SMILES string of the molecule is Cc1noc(C2C3CCC(C[C@H]2c2ccccc2)N3C)n1. The van der Waals surface area contributed by atoms with Crippen LogP contribution in [0.25, 0.3) is 0 Å². The molecule has 0 spiro atoms. The van der Waals surface area contributed by atoms with Gasteiger partial charge < -0.3 is 4.52 Å². The van der Waals surface area contributed by atoms with Gasteiger partial charge in [0.25, 0.3) is 0 Å². The predicted octanol–water partition coefficient (Wildman–Crippen LogP) is 3.11. The lowest BCUT2D eigenvalue weighted by molar-refractivity contribution is 0.120. The fourth-order valence-corrected chi connectivity index (χ4v) is 4.29. The molecule has 2 aliphatic heterocycles. The van der Waals surface area contributed by atoms with Crippen LogP contribution in [-0.2, 0) is 0 Å². The van der Waals surface area contributed by atoms with Crippen molar-refractivity contribution in [2.75, 3.05) is 7.05 Å². The lowest BCUT2D eigenvalue weighted by Gasteiger charge is -2.41. The van der Waals surface area contributed by atoms with Gasteiger partial charge in [0.15, 0.2) is 5.82 Å². The van der Waals surface area contributed by atoms with Crippen molar-refractivity contribution in [2.24, 2.45) is 0 Å². The van der Waals surface area contributed by atoms with Gasteiger partial charge in [-0.1, -0.05) is 35.5 Å². The van der Waals surface area contributed by atoms with Crippen molar-refractivity contribution in [2.45, 2.75) is 50.1 Å². The first-order valence-electron chi connectivity index (χ1n) is 7.81. The molecule has 1 aromatic heterocycles. The molecule has 3 unspecified atom stereocenters. The zero-order chi connectivity index (χ0) is 14.4. The monoisotopic (exact) mass is 283 g/mol. The molecule has 1 aromatic carbocycles. The van der Waals surface area contributed by atoms with Gasteiger partial charge in [0.2, 0.25) is 5.89 Å². The molecular weight excluding hydrogens is 262 g/mol. The van der Waals surface area contributed by atoms with Crippen LogP contribution < -0.4 is 0 Å². The summed E-state index contributed by atoms with van der Waals surface area (Å²) in [6.07, 6.45) is 3.70. The number of aryl methyl sites for hydroxylation is 1. The van der Waals surface area contributed by atoms with Gasteiger partial charge in [0, 0.05) is 12.1 Å². The summed E-state index contributed by atoms with van der Waals surface area (Å²) in [4.78, 5) is 7.09. The van der Waals surface area contributed by atoms with Gasteiger partial charge >= 0.3 is 0 Å². The highest BCUT2D eigenvalue weighted by Crippen LogP contribution is 2.50. The maximum absolute atomic E-state index is 5.57. The summed E-state index contributed by atoms with van der Waals surface area (Å²) in [7, 11) is 2.25. The summed E-state index contributed by atoms with van der Waals surface area (Å²) < 4.78 is 5.57. The van der Waals surface area contributed by atoms with E-state index < -0.39 is 0 Å². The number of nitrogens with zero attached hydrogens (tertiary/aromatic N) is 3. The van der Waals surface area contributed by atoms with Crippen LogP contribution in [0, 0.1) is 6.92 Å². The van der Waals surface area contributed by atoms with E-state index in [0.717, 1.165) is 11.7 Å². The number of hydrogen-bond donors (Lipinski definition) is 0. The smallest absolute Gasteiger partial charge is 0.231 e. The molecular formula is C17H21N3O. The zero-order valence-electron chi connectivity index (χ0n) is 12.6. The molecule has 4 heteroatoms. The number of hydrogen-bond acceptors (Lipinski definition) is 4. The number of fused-ring (bicyclic) bond motifs is 2. The molecule has 2 bridgehead atoms. The van der Waals surface area contributed by atoms with Gasteiger partial charge in [-0.15, -0.1) is 0 Å². The average Bonchev–Trinajstić information content (AvgIpc) is 3.01. The van der Waals surface area contributed by atoms with Crippen molar-refractivity contribution in [3.8, 4) is 0 Å². The Morgan fingerprint density at radius 1 is 1.19 bits per heavy atom. The van der Waals surface area contributed by atoms with Crippen molar-refractivity contribution >= 4 is 0 Å². The van der Waals surface area contributed by atoms with Gasteiger partial charge in [0.1, 0.15) is 0 Å². The van der Waals surface area contributed by atoms with E-state index in [9.17, 15) is 0 Å². The highest BCUT2D eigenvalue weighted by atomic mass is 16.5. The fraction of sp³-hybridized carbons (Fsp3) is 0.529. The Labute approximate surface area is 125 Å². The topological polar surface area (TPSA) is 42.2 Å². The van der Waals surface area contributed by atoms with Crippen LogP contribution >= 0.6 is 0 Å². The summed E-state index contributed by atoms with van der Waals surface area (Å²) in [5, 5.41) is 4.02. The van der Waals surface area contributed by atoms with Crippen molar-refractivity contribution in [3.05, 3.63) is 47.6 Å². The molecule has 0 radical (unpaired) electrons. The molecule has 21 heavy (non-hydrogen) atoms. The standard InChI is InChI=1S/C17H21N3O/c1-11-18-17(21-19-11)16-14(12-6-4-3-5-7-12)10-13-8-9-15(16)20(13)2/h3-7,13-16H,8-10H2,1-2H3/t13?,14-,15?,16?/m0/s1. The van der Waals surface area contributed by atoms with Crippen LogP contribution in [0.4, 0.5) is 0 Å². The van der Waals surface area contributed by atoms with Gasteiger partial charge in [-0.3, -0.25) is 4.90 Å². The summed E-state index contributed by atoms with van der Waals surface area (Å²) >= 11 is 0. The highest BCUT2D eigenvalue weighted by Gasteiger charge is 2.48. The second kappa shape index (κ2) is 4.95. The van der Waals surface area contributed by atoms with Crippen LogP contribution in [0.1, 0.15) is 48.4 Å². The first-order chi connectivity index (χ1) is 10.2. The summed E-state index contributed by atoms with van der Waals surface area (Å²) in [6, 6.07) is 12.0. The Bertz CT molecular complexity index is 624. The molecule has 0 N–H and O–H groups in total. The van der Waals surface area contributed by atoms with Crippen LogP contribution in [-0.4, -0.2) is 34.2 Å². The number of aromatic nitrogens is 2. The first-order valence-corrected chi connectivity index (χ1v) is 7.81. The number of likely N-dealkylation sites (N-methyl/N-ethyl adjacent to an activating group) is 1. The van der Waals surface area contributed by atoms with E-state index in [1.54, 1.807) is 0 Å². The molecule has 110 valence electrons. The van der Waals surface area contributed by atoms with E-state index in [1.165, 1.54) is 24.8 Å². The summed E-state index contributed by atoms with van der Waals surface area (Å²) in [6.45, 7) is 1.90. The second-order valence-corrected chi connectivity index (χ2v) is 6.42. The Kier molecular flexibility index (Phi) is 3.07. The largest absolute Gasteiger partial charge is 0.339 e. The van der Waals surface area contributed by atoms with Crippen molar-refractivity contribution in [1.82, 2.24) is 15.0 Å². The lowest BCUT2D eigenvalue weighted by Crippen LogP contribution is -2.44. The van der Waals surface area contributed by atoms with Crippen LogP contribution in [0.2, 0.25) is 0 Å². The Morgan fingerprint density at radius 2 is 2.00 bits per heavy atom. The predicted molar refractivity (Wildman–Crippen MR) is 80.1 cm³/mol. The maximum atomic E-state index is 5.57. The van der Waals surface area contributed by atoms with Crippen molar-refractivity contribution in [3.63, 3.8) is 0 Å². The molecule has 0 aliphatic carbocycles. The van der Waals surface area contributed by atoms with E-state index in [-0.39, 0.29) is 0 Å². The molecule has 4 atom stereocenters. The first kappa shape index (κ1) is 13.0. The highest BCUT2D eigenvalue weighted by molar-refractivity contribution is 5.27. The van der Waals surface area contributed by atoms with Crippen LogP contribution in [0.15, 0.2) is 34.9 Å². The summed E-state index contributed by atoms with van der Waals surface area (Å²) in [5.41, 5.74) is 1.41. The van der Waals surface area contributed by atoms with Crippen molar-refractivity contribution < 1.29 is 4.52 Å². The van der Waals surface area contributed by atoms with Gasteiger partial charge in [0.05, 0.1) is 5.92 Å². The zero-order valence-corrected chi connectivity index (χ0v) is 12.6. The average molecular weight is 283 g/mol. The third-order valence-corrected chi connectivity index (χ3v) is 5.32. The Hall–Kier alpha value is -1.68. The van der Waals surface area contributed by atoms with E-state index in [0.29, 0.717) is 23.9 Å². The Balaban J connectivity index is 1.77. The van der Waals surface area contributed by atoms with Gasteiger partial charge in [-0.05, 0) is 44.7 Å². The molecule has 4 rings (SSSR count). The van der Waals surface area contributed by atoms with E-state index >= 15 is 0 Å². The number of piperidine rings is 1. The minimum atomic E-state index is 0.317. The molecule has 0 amide bonds. The third kappa shape index (κ3) is 2.09. The molecule has 2 fully saturated rings. The van der Waals surface area contributed by atoms with Crippen LogP contribution in [0.5, 0.6) is 0 Å². The summed E-state index contributed by atoms with van der Waals surface area (Å²) in [5.74, 6) is 2.36. The van der Waals surface area contributed by atoms with E-state index in [2.05, 4.69) is 52.4 Å². The van der Waals surface area contributed by atoms with E-state index in [1.807, 2.05) is 6.92 Å². The minimum absolute atomic E-state index is 0.317. The second-order valence-electron chi connectivity index (χ2n) is 6.42. The molecule has 3 heterocycles. The third-order valence-electron chi connectivity index (χ3n) is 5.32. The van der Waals surface area contributed by atoms with Crippen molar-refractivity contribution in [1.29, 1.82) is 0 Å². The minimum Gasteiger partial charge on any atom is -0.339 e. The number of rotatable bonds is 2. The molecule has 0 saturated carbocycles. The maximum Gasteiger partial charge on any atom is 0.231 e. The molecule has 2 saturated heterocycles. The Morgan fingerprint density at radius 3 is 2.71 bits per heavy atom. The normalized spacial score (nSPS) is 32.5. The lowest BCUT2D eigenvalue weighted by atomic mass is 9.76. The molecule has 2 aliphatic rings. The quantitative estimate of drug-likeness (QED) is 0.849. The van der Waals surface area contributed by atoms with E-state index in [4.69, 9.17) is 4.52 Å². The molecule has 2 aromatic rings. The fourth-order valence-electron chi connectivity index (χ4n) is 4.29. The van der Waals surface area contributed by atoms with Gasteiger partial charge in [-0.2, -0.15) is 4.98 Å². The molecule has 4 nitrogen and oxygen atoms in total. The van der Waals surface area contributed by atoms with Gasteiger partial charge in [-0.25, -0.2) is 0 Å². The number of benzene rings is 1.